The van der Waals surface area contributed by atoms with Gasteiger partial charge in [-0.05, 0) is 12.5 Å². The number of hydrogen-bond donors (Lipinski definition) is 0. The largest absolute Gasteiger partial charge is 0.439 e. The molecular formula is C15H20N2O3S. The van der Waals surface area contributed by atoms with Gasteiger partial charge in [-0.1, -0.05) is 13.3 Å². The summed E-state index contributed by atoms with van der Waals surface area (Å²) in [7, 11) is 1.73. The first-order chi connectivity index (χ1) is 10.0. The minimum Gasteiger partial charge on any atom is -0.439 e. The highest BCUT2D eigenvalue weighted by molar-refractivity contribution is 7.10. The van der Waals surface area contributed by atoms with Gasteiger partial charge >= 0.3 is 6.09 Å². The van der Waals surface area contributed by atoms with Gasteiger partial charge in [0.05, 0.1) is 18.7 Å². The molecule has 3 heterocycles. The molecule has 21 heavy (non-hydrogen) atoms. The number of nitrogens with zero attached hydrogens (tertiary/aromatic N) is 2. The number of aryl methyl sites for hydroxylation is 1. The first-order valence-electron chi connectivity index (χ1n) is 7.34. The number of thiophene rings is 1. The first-order valence-corrected chi connectivity index (χ1v) is 8.22. The Hall–Kier alpha value is -1.56. The molecule has 0 unspecified atom stereocenters. The van der Waals surface area contributed by atoms with Crippen LogP contribution in [0.2, 0.25) is 0 Å². The lowest BCUT2D eigenvalue weighted by Crippen LogP contribution is -2.39. The SMILES string of the molecule is CCCc1cc(C(=O)N2CC[C@@]3(CN(C)C(=O)O3)C2)cs1. The van der Waals surface area contributed by atoms with Crippen molar-refractivity contribution in [1.82, 2.24) is 9.80 Å². The maximum absolute atomic E-state index is 12.5. The monoisotopic (exact) mass is 308 g/mol. The third-order valence-corrected chi connectivity index (χ3v) is 5.14. The number of hydrogen-bond acceptors (Lipinski definition) is 4. The molecule has 2 fully saturated rings. The van der Waals surface area contributed by atoms with Crippen LogP contribution in [0.3, 0.4) is 0 Å². The van der Waals surface area contributed by atoms with Crippen LogP contribution in [0.1, 0.15) is 35.0 Å². The Morgan fingerprint density at radius 1 is 1.48 bits per heavy atom. The van der Waals surface area contributed by atoms with E-state index in [1.165, 1.54) is 4.88 Å². The van der Waals surface area contributed by atoms with Crippen LogP contribution < -0.4 is 0 Å². The van der Waals surface area contributed by atoms with Crippen molar-refractivity contribution in [3.05, 3.63) is 21.9 Å². The Kier molecular flexibility index (Phi) is 3.65. The number of carbonyl (C=O) groups is 2. The summed E-state index contributed by atoms with van der Waals surface area (Å²) in [5.74, 6) is 0.0519. The number of likely N-dealkylation sites (N-methyl/N-ethyl adjacent to an activating group) is 1. The van der Waals surface area contributed by atoms with E-state index in [1.807, 2.05) is 16.3 Å². The fraction of sp³-hybridized carbons (Fsp3) is 0.600. The van der Waals surface area contributed by atoms with E-state index < -0.39 is 5.60 Å². The Labute approximate surface area is 128 Å². The summed E-state index contributed by atoms with van der Waals surface area (Å²) in [4.78, 5) is 28.7. The van der Waals surface area contributed by atoms with Crippen LogP contribution in [0, 0.1) is 0 Å². The molecule has 0 bridgehead atoms. The van der Waals surface area contributed by atoms with E-state index >= 15 is 0 Å². The zero-order chi connectivity index (χ0) is 15.0. The summed E-state index contributed by atoms with van der Waals surface area (Å²) in [5.41, 5.74) is 0.266. The second-order valence-corrected chi connectivity index (χ2v) is 6.93. The predicted molar refractivity (Wildman–Crippen MR) is 80.7 cm³/mol. The molecule has 1 atom stereocenters. The number of ether oxygens (including phenoxy) is 1. The minimum absolute atomic E-state index is 0.0519. The highest BCUT2D eigenvalue weighted by Gasteiger charge is 2.49. The summed E-state index contributed by atoms with van der Waals surface area (Å²) in [6, 6.07) is 1.99. The van der Waals surface area contributed by atoms with Crippen LogP contribution in [-0.2, 0) is 11.2 Å². The van der Waals surface area contributed by atoms with Crippen LogP contribution in [0.15, 0.2) is 11.4 Å². The highest BCUT2D eigenvalue weighted by Crippen LogP contribution is 2.32. The van der Waals surface area contributed by atoms with Crippen molar-refractivity contribution >= 4 is 23.3 Å². The van der Waals surface area contributed by atoms with Crippen LogP contribution in [-0.4, -0.2) is 54.1 Å². The average Bonchev–Trinajstić information content (AvgIpc) is 3.12. The van der Waals surface area contributed by atoms with E-state index in [9.17, 15) is 9.59 Å². The first kappa shape index (κ1) is 14.4. The molecule has 0 aromatic carbocycles. The maximum atomic E-state index is 12.5. The fourth-order valence-electron chi connectivity index (χ4n) is 3.08. The van der Waals surface area contributed by atoms with Crippen molar-refractivity contribution < 1.29 is 14.3 Å². The van der Waals surface area contributed by atoms with Gasteiger partial charge in [-0.25, -0.2) is 4.79 Å². The van der Waals surface area contributed by atoms with E-state index in [-0.39, 0.29) is 12.0 Å². The topological polar surface area (TPSA) is 49.9 Å². The highest BCUT2D eigenvalue weighted by atomic mass is 32.1. The van der Waals surface area contributed by atoms with E-state index in [0.717, 1.165) is 24.8 Å². The Morgan fingerprint density at radius 3 is 2.95 bits per heavy atom. The van der Waals surface area contributed by atoms with Crippen molar-refractivity contribution in [2.24, 2.45) is 0 Å². The fourth-order valence-corrected chi connectivity index (χ4v) is 4.04. The lowest BCUT2D eigenvalue weighted by atomic mass is 10.0. The van der Waals surface area contributed by atoms with Gasteiger partial charge in [-0.15, -0.1) is 11.3 Å². The quantitative estimate of drug-likeness (QED) is 0.861. The third-order valence-electron chi connectivity index (χ3n) is 4.14. The van der Waals surface area contributed by atoms with E-state index in [0.29, 0.717) is 19.6 Å². The van der Waals surface area contributed by atoms with E-state index in [4.69, 9.17) is 4.74 Å². The normalized spacial score (nSPS) is 25.0. The maximum Gasteiger partial charge on any atom is 0.410 e. The van der Waals surface area contributed by atoms with Gasteiger partial charge in [0, 0.05) is 30.3 Å². The molecule has 2 aliphatic heterocycles. The summed E-state index contributed by atoms with van der Waals surface area (Å²) >= 11 is 1.64. The van der Waals surface area contributed by atoms with Crippen molar-refractivity contribution in [3.8, 4) is 0 Å². The lowest BCUT2D eigenvalue weighted by Gasteiger charge is -2.21. The van der Waals surface area contributed by atoms with Crippen molar-refractivity contribution in [2.45, 2.75) is 31.8 Å². The zero-order valence-electron chi connectivity index (χ0n) is 12.4. The minimum atomic E-state index is -0.496. The molecule has 1 aromatic heterocycles. The van der Waals surface area contributed by atoms with Gasteiger partial charge in [0.25, 0.3) is 5.91 Å². The molecule has 5 nitrogen and oxygen atoms in total. The van der Waals surface area contributed by atoms with Gasteiger partial charge in [0.1, 0.15) is 0 Å². The molecule has 3 rings (SSSR count). The number of rotatable bonds is 3. The number of carbonyl (C=O) groups excluding carboxylic acids is 2. The van der Waals surface area contributed by atoms with Crippen molar-refractivity contribution in [3.63, 3.8) is 0 Å². The third kappa shape index (κ3) is 2.64. The summed E-state index contributed by atoms with van der Waals surface area (Å²) in [6.45, 7) is 3.86. The second-order valence-electron chi connectivity index (χ2n) is 5.94. The van der Waals surface area contributed by atoms with Crippen LogP contribution in [0.5, 0.6) is 0 Å². The Morgan fingerprint density at radius 2 is 2.29 bits per heavy atom. The number of likely N-dealkylation sites (tertiary alicyclic amines) is 1. The van der Waals surface area contributed by atoms with Gasteiger partial charge in [-0.2, -0.15) is 0 Å². The van der Waals surface area contributed by atoms with Crippen molar-refractivity contribution in [1.29, 1.82) is 0 Å². The molecule has 2 aliphatic rings. The van der Waals surface area contributed by atoms with Crippen LogP contribution >= 0.6 is 11.3 Å². The number of amides is 2. The molecule has 2 amide bonds. The van der Waals surface area contributed by atoms with Gasteiger partial charge < -0.3 is 14.5 Å². The van der Waals surface area contributed by atoms with Gasteiger partial charge in [0.2, 0.25) is 0 Å². The molecule has 114 valence electrons. The summed E-state index contributed by atoms with van der Waals surface area (Å²) < 4.78 is 5.48. The molecule has 0 N–H and O–H groups in total. The Balaban J connectivity index is 1.68. The lowest BCUT2D eigenvalue weighted by molar-refractivity contribution is 0.0553. The zero-order valence-corrected chi connectivity index (χ0v) is 13.2. The van der Waals surface area contributed by atoms with Crippen molar-refractivity contribution in [2.75, 3.05) is 26.7 Å². The molecule has 2 saturated heterocycles. The molecule has 1 aromatic rings. The molecular weight excluding hydrogens is 288 g/mol. The average molecular weight is 308 g/mol. The van der Waals surface area contributed by atoms with Crippen LogP contribution in [0.4, 0.5) is 4.79 Å². The molecule has 6 heteroatoms. The molecule has 0 radical (unpaired) electrons. The summed E-state index contributed by atoms with van der Waals surface area (Å²) in [5, 5.41) is 1.94. The Bertz CT molecular complexity index is 571. The second kappa shape index (κ2) is 5.33. The standard InChI is InChI=1S/C15H20N2O3S/c1-3-4-12-7-11(8-21-12)13(18)17-6-5-15(10-17)9-16(2)14(19)20-15/h7-8H,3-6,9-10H2,1-2H3/t15-/m1/s1. The predicted octanol–water partition coefficient (Wildman–Crippen LogP) is 2.37. The molecule has 0 aliphatic carbocycles. The summed E-state index contributed by atoms with van der Waals surface area (Å²) in [6.07, 6.45) is 2.54. The molecule has 0 saturated carbocycles. The molecule has 1 spiro atoms. The van der Waals surface area contributed by atoms with E-state index in [1.54, 1.807) is 23.3 Å². The van der Waals surface area contributed by atoms with Gasteiger partial charge in [0.15, 0.2) is 5.60 Å². The smallest absolute Gasteiger partial charge is 0.410 e. The van der Waals surface area contributed by atoms with E-state index in [2.05, 4.69) is 6.92 Å². The van der Waals surface area contributed by atoms with Gasteiger partial charge in [-0.3, -0.25) is 4.79 Å². The van der Waals surface area contributed by atoms with Crippen LogP contribution in [0.25, 0.3) is 0 Å².